The SMILES string of the molecule is COc1c(C(=O)C(C)N)cccc1C(C)C. The summed E-state index contributed by atoms with van der Waals surface area (Å²) in [6, 6.07) is 5.10. The van der Waals surface area contributed by atoms with Crippen LogP contribution in [-0.4, -0.2) is 18.9 Å². The lowest BCUT2D eigenvalue weighted by Crippen LogP contribution is -2.27. The molecule has 0 saturated heterocycles. The molecular formula is C13H19NO2. The Balaban J connectivity index is 3.29. The van der Waals surface area contributed by atoms with Crippen molar-refractivity contribution in [2.24, 2.45) is 5.73 Å². The second-order valence-corrected chi connectivity index (χ2v) is 4.24. The van der Waals surface area contributed by atoms with Crippen molar-refractivity contribution < 1.29 is 9.53 Å². The molecule has 0 amide bonds. The number of ether oxygens (including phenoxy) is 1. The molecule has 0 radical (unpaired) electrons. The molecule has 0 bridgehead atoms. The zero-order chi connectivity index (χ0) is 12.3. The van der Waals surface area contributed by atoms with E-state index in [9.17, 15) is 4.79 Å². The molecule has 0 fully saturated rings. The Morgan fingerprint density at radius 1 is 1.31 bits per heavy atom. The number of para-hydroxylation sites is 1. The summed E-state index contributed by atoms with van der Waals surface area (Å²) in [5.41, 5.74) is 7.22. The van der Waals surface area contributed by atoms with Crippen LogP contribution in [0.4, 0.5) is 0 Å². The van der Waals surface area contributed by atoms with Gasteiger partial charge in [0.05, 0.1) is 18.7 Å². The van der Waals surface area contributed by atoms with Gasteiger partial charge in [0.1, 0.15) is 5.75 Å². The first-order valence-corrected chi connectivity index (χ1v) is 5.45. The van der Waals surface area contributed by atoms with E-state index in [2.05, 4.69) is 13.8 Å². The summed E-state index contributed by atoms with van der Waals surface area (Å²) in [5.74, 6) is 0.884. The molecule has 0 aliphatic rings. The zero-order valence-corrected chi connectivity index (χ0v) is 10.3. The summed E-state index contributed by atoms with van der Waals surface area (Å²) in [5, 5.41) is 0. The van der Waals surface area contributed by atoms with Gasteiger partial charge in [-0.2, -0.15) is 0 Å². The van der Waals surface area contributed by atoms with Crippen LogP contribution >= 0.6 is 0 Å². The molecule has 0 aliphatic carbocycles. The van der Waals surface area contributed by atoms with Crippen LogP contribution in [0.15, 0.2) is 18.2 Å². The number of hydrogen-bond acceptors (Lipinski definition) is 3. The highest BCUT2D eigenvalue weighted by molar-refractivity contribution is 6.02. The lowest BCUT2D eigenvalue weighted by atomic mass is 9.96. The number of carbonyl (C=O) groups is 1. The van der Waals surface area contributed by atoms with Gasteiger partial charge in [0.25, 0.3) is 0 Å². The summed E-state index contributed by atoms with van der Waals surface area (Å²) < 4.78 is 5.33. The summed E-state index contributed by atoms with van der Waals surface area (Å²) in [6.45, 7) is 5.82. The standard InChI is InChI=1S/C13H19NO2/c1-8(2)10-6-5-7-11(13(10)16-4)12(15)9(3)14/h5-9H,14H2,1-4H3. The second-order valence-electron chi connectivity index (χ2n) is 4.24. The van der Waals surface area contributed by atoms with Gasteiger partial charge in [0.2, 0.25) is 0 Å². The molecular weight excluding hydrogens is 202 g/mol. The highest BCUT2D eigenvalue weighted by Crippen LogP contribution is 2.30. The smallest absolute Gasteiger partial charge is 0.182 e. The van der Waals surface area contributed by atoms with Crippen LogP contribution in [0.3, 0.4) is 0 Å². The van der Waals surface area contributed by atoms with Crippen LogP contribution in [0, 0.1) is 0 Å². The number of ketones is 1. The maximum Gasteiger partial charge on any atom is 0.182 e. The predicted molar refractivity (Wildman–Crippen MR) is 65.1 cm³/mol. The fourth-order valence-corrected chi connectivity index (χ4v) is 1.68. The van der Waals surface area contributed by atoms with Crippen molar-refractivity contribution >= 4 is 5.78 Å². The van der Waals surface area contributed by atoms with Crippen LogP contribution < -0.4 is 10.5 Å². The largest absolute Gasteiger partial charge is 0.496 e. The fraction of sp³-hybridized carbons (Fsp3) is 0.462. The van der Waals surface area contributed by atoms with Crippen LogP contribution in [0.1, 0.15) is 42.6 Å². The van der Waals surface area contributed by atoms with Crippen LogP contribution in [0.5, 0.6) is 5.75 Å². The normalized spacial score (nSPS) is 12.6. The highest BCUT2D eigenvalue weighted by Gasteiger charge is 2.19. The molecule has 0 spiro atoms. The molecule has 0 heterocycles. The Kier molecular flexibility index (Phi) is 4.07. The molecule has 1 atom stereocenters. The molecule has 0 aliphatic heterocycles. The maximum atomic E-state index is 11.9. The van der Waals surface area contributed by atoms with Crippen molar-refractivity contribution in [2.75, 3.05) is 7.11 Å². The minimum absolute atomic E-state index is 0.0839. The topological polar surface area (TPSA) is 52.3 Å². The molecule has 16 heavy (non-hydrogen) atoms. The third kappa shape index (κ3) is 2.42. The molecule has 1 aromatic rings. The summed E-state index contributed by atoms with van der Waals surface area (Å²) >= 11 is 0. The van der Waals surface area contributed by atoms with Crippen molar-refractivity contribution in [3.63, 3.8) is 0 Å². The minimum Gasteiger partial charge on any atom is -0.496 e. The fourth-order valence-electron chi connectivity index (χ4n) is 1.68. The molecule has 88 valence electrons. The third-order valence-corrected chi connectivity index (χ3v) is 2.55. The van der Waals surface area contributed by atoms with Crippen molar-refractivity contribution in [3.8, 4) is 5.75 Å². The summed E-state index contributed by atoms with van der Waals surface area (Å²) in [4.78, 5) is 11.9. The van der Waals surface area contributed by atoms with Crippen LogP contribution in [0.2, 0.25) is 0 Å². The van der Waals surface area contributed by atoms with Crippen molar-refractivity contribution in [3.05, 3.63) is 29.3 Å². The number of Topliss-reactive ketones (excluding diaryl/α,β-unsaturated/α-hetero) is 1. The van der Waals surface area contributed by atoms with E-state index in [0.29, 0.717) is 17.2 Å². The monoisotopic (exact) mass is 221 g/mol. The minimum atomic E-state index is -0.503. The Labute approximate surface area is 96.6 Å². The van der Waals surface area contributed by atoms with E-state index in [1.807, 2.05) is 12.1 Å². The Hall–Kier alpha value is -1.35. The molecule has 1 rings (SSSR count). The number of nitrogens with two attached hydrogens (primary N) is 1. The Morgan fingerprint density at radius 3 is 2.38 bits per heavy atom. The van der Waals surface area contributed by atoms with Crippen molar-refractivity contribution in [1.29, 1.82) is 0 Å². The third-order valence-electron chi connectivity index (χ3n) is 2.55. The van der Waals surface area contributed by atoms with E-state index in [0.717, 1.165) is 5.56 Å². The zero-order valence-electron chi connectivity index (χ0n) is 10.3. The van der Waals surface area contributed by atoms with E-state index in [4.69, 9.17) is 10.5 Å². The van der Waals surface area contributed by atoms with Gasteiger partial charge in [-0.25, -0.2) is 0 Å². The molecule has 0 saturated carbocycles. The van der Waals surface area contributed by atoms with Gasteiger partial charge >= 0.3 is 0 Å². The van der Waals surface area contributed by atoms with Gasteiger partial charge in [-0.1, -0.05) is 26.0 Å². The van der Waals surface area contributed by atoms with Crippen molar-refractivity contribution in [1.82, 2.24) is 0 Å². The van der Waals surface area contributed by atoms with E-state index in [-0.39, 0.29) is 5.78 Å². The van der Waals surface area contributed by atoms with E-state index < -0.39 is 6.04 Å². The summed E-state index contributed by atoms with van der Waals surface area (Å²) in [6.07, 6.45) is 0. The number of methoxy groups -OCH3 is 1. The van der Waals surface area contributed by atoms with Crippen LogP contribution in [-0.2, 0) is 0 Å². The number of benzene rings is 1. The highest BCUT2D eigenvalue weighted by atomic mass is 16.5. The van der Waals surface area contributed by atoms with Gasteiger partial charge in [0, 0.05) is 0 Å². The van der Waals surface area contributed by atoms with Gasteiger partial charge in [-0.05, 0) is 24.5 Å². The Bertz CT molecular complexity index is 384. The van der Waals surface area contributed by atoms with Crippen molar-refractivity contribution in [2.45, 2.75) is 32.7 Å². The lowest BCUT2D eigenvalue weighted by Gasteiger charge is -2.16. The molecule has 3 heteroatoms. The van der Waals surface area contributed by atoms with Gasteiger partial charge in [-0.3, -0.25) is 4.79 Å². The number of rotatable bonds is 4. The average Bonchev–Trinajstić information content (AvgIpc) is 2.26. The van der Waals surface area contributed by atoms with Gasteiger partial charge in [0.15, 0.2) is 5.78 Å². The average molecular weight is 221 g/mol. The van der Waals surface area contributed by atoms with Gasteiger partial charge in [-0.15, -0.1) is 0 Å². The first-order chi connectivity index (χ1) is 7.49. The second kappa shape index (κ2) is 5.12. The van der Waals surface area contributed by atoms with E-state index in [1.165, 1.54) is 0 Å². The predicted octanol–water partition coefficient (Wildman–Crippen LogP) is 2.35. The Morgan fingerprint density at radius 2 is 1.94 bits per heavy atom. The van der Waals surface area contributed by atoms with E-state index >= 15 is 0 Å². The van der Waals surface area contributed by atoms with Crippen LogP contribution in [0.25, 0.3) is 0 Å². The first-order valence-electron chi connectivity index (χ1n) is 5.45. The molecule has 1 aromatic carbocycles. The summed E-state index contributed by atoms with van der Waals surface area (Å²) in [7, 11) is 1.58. The quantitative estimate of drug-likeness (QED) is 0.794. The first kappa shape index (κ1) is 12.7. The lowest BCUT2D eigenvalue weighted by molar-refractivity contribution is 0.0965. The molecule has 2 N–H and O–H groups in total. The maximum absolute atomic E-state index is 11.9. The van der Waals surface area contributed by atoms with E-state index in [1.54, 1.807) is 20.1 Å². The molecule has 1 unspecified atom stereocenters. The molecule has 3 nitrogen and oxygen atoms in total. The number of hydrogen-bond donors (Lipinski definition) is 1. The molecule has 0 aromatic heterocycles. The number of carbonyl (C=O) groups excluding carboxylic acids is 1. The van der Waals surface area contributed by atoms with Gasteiger partial charge < -0.3 is 10.5 Å².